The monoisotopic (exact) mass is 294 g/mol. The minimum absolute atomic E-state index is 0.0116. The number of urea groups is 1. The van der Waals surface area contributed by atoms with Crippen molar-refractivity contribution in [1.82, 2.24) is 9.80 Å². The van der Waals surface area contributed by atoms with Crippen LogP contribution in [0.5, 0.6) is 0 Å². The number of amides is 4. The molecule has 1 aliphatic heterocycles. The molecule has 1 aromatic rings. The summed E-state index contributed by atoms with van der Waals surface area (Å²) in [7, 11) is 0. The Kier molecular flexibility index (Phi) is 4.09. The van der Waals surface area contributed by atoms with Crippen molar-refractivity contribution in [3.05, 3.63) is 34.9 Å². The van der Waals surface area contributed by atoms with E-state index in [0.29, 0.717) is 10.6 Å². The second kappa shape index (κ2) is 5.63. The zero-order chi connectivity index (χ0) is 14.9. The van der Waals surface area contributed by atoms with Crippen LogP contribution in [0, 0.1) is 5.92 Å². The number of imide groups is 2. The molecule has 0 atom stereocenters. The van der Waals surface area contributed by atoms with Gasteiger partial charge >= 0.3 is 17.8 Å². The predicted molar refractivity (Wildman–Crippen MR) is 73.9 cm³/mol. The highest BCUT2D eigenvalue weighted by Crippen LogP contribution is 2.21. The molecule has 1 fully saturated rings. The van der Waals surface area contributed by atoms with Gasteiger partial charge in [-0.2, -0.15) is 0 Å². The Morgan fingerprint density at radius 1 is 1.05 bits per heavy atom. The van der Waals surface area contributed by atoms with Crippen molar-refractivity contribution >= 4 is 29.4 Å². The van der Waals surface area contributed by atoms with Crippen molar-refractivity contribution < 1.29 is 14.4 Å². The summed E-state index contributed by atoms with van der Waals surface area (Å²) >= 11 is 6.01. The van der Waals surface area contributed by atoms with Crippen molar-refractivity contribution in [2.45, 2.75) is 20.4 Å². The van der Waals surface area contributed by atoms with Gasteiger partial charge in [0.15, 0.2) is 0 Å². The standard InChI is InChI=1S/C14H15ClN2O3/c1-9(2)7-16-12(18)13(19)17(14(16)20)8-10-5-3-4-6-11(10)15/h3-6,9H,7-8H2,1-2H3. The Balaban J connectivity index is 2.21. The van der Waals surface area contributed by atoms with Gasteiger partial charge in [0.2, 0.25) is 0 Å². The lowest BCUT2D eigenvalue weighted by Gasteiger charge is -2.17. The van der Waals surface area contributed by atoms with E-state index >= 15 is 0 Å². The fourth-order valence-corrected chi connectivity index (χ4v) is 2.21. The summed E-state index contributed by atoms with van der Waals surface area (Å²) in [6.07, 6.45) is 0. The van der Waals surface area contributed by atoms with Gasteiger partial charge in [-0.1, -0.05) is 43.6 Å². The highest BCUT2D eigenvalue weighted by Gasteiger charge is 2.44. The molecular weight excluding hydrogens is 280 g/mol. The number of benzene rings is 1. The van der Waals surface area contributed by atoms with E-state index in [-0.39, 0.29) is 19.0 Å². The molecule has 4 amide bonds. The minimum Gasteiger partial charge on any atom is -0.263 e. The van der Waals surface area contributed by atoms with Crippen LogP contribution in [0.3, 0.4) is 0 Å². The molecule has 0 unspecified atom stereocenters. The second-order valence-electron chi connectivity index (χ2n) is 5.07. The quantitative estimate of drug-likeness (QED) is 0.632. The first-order valence-corrected chi connectivity index (χ1v) is 6.70. The number of hydrogen-bond donors (Lipinski definition) is 0. The summed E-state index contributed by atoms with van der Waals surface area (Å²) in [5.41, 5.74) is 0.634. The Hall–Kier alpha value is -1.88. The van der Waals surface area contributed by atoms with Crippen molar-refractivity contribution in [3.63, 3.8) is 0 Å². The summed E-state index contributed by atoms with van der Waals surface area (Å²) in [5.74, 6) is -1.46. The molecule has 0 N–H and O–H groups in total. The maximum Gasteiger partial charge on any atom is 0.334 e. The lowest BCUT2D eigenvalue weighted by Crippen LogP contribution is -2.35. The van der Waals surface area contributed by atoms with Crippen molar-refractivity contribution in [1.29, 1.82) is 0 Å². The van der Waals surface area contributed by atoms with Crippen molar-refractivity contribution in [2.75, 3.05) is 6.54 Å². The lowest BCUT2D eigenvalue weighted by molar-refractivity contribution is -0.143. The van der Waals surface area contributed by atoms with Crippen LogP contribution >= 0.6 is 11.6 Å². The highest BCUT2D eigenvalue weighted by molar-refractivity contribution is 6.44. The first kappa shape index (κ1) is 14.5. The van der Waals surface area contributed by atoms with Gasteiger partial charge in [-0.25, -0.2) is 4.79 Å². The normalized spacial score (nSPS) is 15.7. The van der Waals surface area contributed by atoms with E-state index in [4.69, 9.17) is 11.6 Å². The second-order valence-corrected chi connectivity index (χ2v) is 5.48. The molecule has 20 heavy (non-hydrogen) atoms. The van der Waals surface area contributed by atoms with Gasteiger partial charge in [0.25, 0.3) is 0 Å². The highest BCUT2D eigenvalue weighted by atomic mass is 35.5. The Labute approximate surface area is 122 Å². The van der Waals surface area contributed by atoms with Crippen LogP contribution in [0.4, 0.5) is 4.79 Å². The lowest BCUT2D eigenvalue weighted by atomic mass is 10.2. The predicted octanol–water partition coefficient (Wildman–Crippen LogP) is 2.29. The van der Waals surface area contributed by atoms with Crippen LogP contribution in [0.25, 0.3) is 0 Å². The third-order valence-corrected chi connectivity index (χ3v) is 3.34. The molecule has 2 rings (SSSR count). The molecule has 0 spiro atoms. The van der Waals surface area contributed by atoms with Crippen molar-refractivity contribution in [3.8, 4) is 0 Å². The van der Waals surface area contributed by atoms with E-state index in [1.807, 2.05) is 13.8 Å². The van der Waals surface area contributed by atoms with Crippen LogP contribution in [0.1, 0.15) is 19.4 Å². The maximum atomic E-state index is 12.1. The average molecular weight is 295 g/mol. The van der Waals surface area contributed by atoms with Gasteiger partial charge in [-0.05, 0) is 17.5 Å². The molecule has 0 saturated carbocycles. The Morgan fingerprint density at radius 3 is 2.25 bits per heavy atom. The Morgan fingerprint density at radius 2 is 1.65 bits per heavy atom. The summed E-state index contributed by atoms with van der Waals surface area (Å²) in [4.78, 5) is 37.8. The fourth-order valence-electron chi connectivity index (χ4n) is 2.01. The van der Waals surface area contributed by atoms with Gasteiger partial charge in [0, 0.05) is 11.6 Å². The molecule has 5 nitrogen and oxygen atoms in total. The number of rotatable bonds is 4. The topological polar surface area (TPSA) is 57.7 Å². The van der Waals surface area contributed by atoms with E-state index in [1.165, 1.54) is 0 Å². The third-order valence-electron chi connectivity index (χ3n) is 2.97. The molecule has 1 aromatic carbocycles. The van der Waals surface area contributed by atoms with Gasteiger partial charge in [0.05, 0.1) is 6.54 Å². The average Bonchev–Trinajstić information content (AvgIpc) is 2.58. The zero-order valence-corrected chi connectivity index (χ0v) is 12.1. The van der Waals surface area contributed by atoms with E-state index in [9.17, 15) is 14.4 Å². The molecule has 1 saturated heterocycles. The van der Waals surface area contributed by atoms with Crippen LogP contribution in [-0.4, -0.2) is 34.2 Å². The summed E-state index contributed by atoms with van der Waals surface area (Å²) in [6, 6.07) is 6.35. The van der Waals surface area contributed by atoms with Crippen LogP contribution in [0.15, 0.2) is 24.3 Å². The maximum absolute atomic E-state index is 12.1. The molecule has 0 aliphatic carbocycles. The van der Waals surface area contributed by atoms with Gasteiger partial charge in [-0.15, -0.1) is 0 Å². The number of hydrogen-bond acceptors (Lipinski definition) is 3. The fraction of sp³-hybridized carbons (Fsp3) is 0.357. The van der Waals surface area contributed by atoms with Crippen LogP contribution in [0.2, 0.25) is 5.02 Å². The summed E-state index contributed by atoms with van der Waals surface area (Å²) < 4.78 is 0. The first-order valence-electron chi connectivity index (χ1n) is 6.32. The van der Waals surface area contributed by atoms with Gasteiger partial charge in [0.1, 0.15) is 0 Å². The van der Waals surface area contributed by atoms with E-state index < -0.39 is 17.8 Å². The van der Waals surface area contributed by atoms with Crippen LogP contribution in [-0.2, 0) is 16.1 Å². The SMILES string of the molecule is CC(C)CN1C(=O)C(=O)N(Cc2ccccc2Cl)C1=O. The number of carbonyl (C=O) groups is 3. The summed E-state index contributed by atoms with van der Waals surface area (Å²) in [5, 5.41) is 0.461. The molecule has 0 aromatic heterocycles. The zero-order valence-electron chi connectivity index (χ0n) is 11.3. The minimum atomic E-state index is -0.796. The Bertz CT molecular complexity index is 571. The molecule has 0 radical (unpaired) electrons. The largest absolute Gasteiger partial charge is 0.334 e. The van der Waals surface area contributed by atoms with E-state index in [2.05, 4.69) is 0 Å². The number of nitrogens with zero attached hydrogens (tertiary/aromatic N) is 2. The first-order chi connectivity index (χ1) is 9.41. The molecule has 1 heterocycles. The molecular formula is C14H15ClN2O3. The van der Waals surface area contributed by atoms with Gasteiger partial charge in [-0.3, -0.25) is 19.4 Å². The van der Waals surface area contributed by atoms with Crippen LogP contribution < -0.4 is 0 Å². The number of carbonyl (C=O) groups excluding carboxylic acids is 3. The number of halogens is 1. The molecule has 6 heteroatoms. The summed E-state index contributed by atoms with van der Waals surface area (Å²) in [6.45, 7) is 4.00. The molecule has 1 aliphatic rings. The molecule has 0 bridgehead atoms. The third kappa shape index (κ3) is 2.67. The molecule has 106 valence electrons. The van der Waals surface area contributed by atoms with E-state index in [0.717, 1.165) is 9.80 Å². The van der Waals surface area contributed by atoms with E-state index in [1.54, 1.807) is 24.3 Å². The smallest absolute Gasteiger partial charge is 0.263 e. The van der Waals surface area contributed by atoms with Gasteiger partial charge < -0.3 is 0 Å². The van der Waals surface area contributed by atoms with Crippen molar-refractivity contribution in [2.24, 2.45) is 5.92 Å².